The lowest BCUT2D eigenvalue weighted by Gasteiger charge is -2.09. The van der Waals surface area contributed by atoms with Crippen LogP contribution in [0.3, 0.4) is 0 Å². The largest absolute Gasteiger partial charge is 0.478 e. The molecule has 0 bridgehead atoms. The molecular weight excluding hydrogens is 352 g/mol. The van der Waals surface area contributed by atoms with Crippen LogP contribution in [0.15, 0.2) is 53.4 Å². The van der Waals surface area contributed by atoms with Gasteiger partial charge in [0, 0.05) is 22.2 Å². The lowest BCUT2D eigenvalue weighted by atomic mass is 10.2. The summed E-state index contributed by atoms with van der Waals surface area (Å²) in [7, 11) is 0. The van der Waals surface area contributed by atoms with E-state index in [1.54, 1.807) is 42.5 Å². The van der Waals surface area contributed by atoms with Gasteiger partial charge in [0.1, 0.15) is 0 Å². The van der Waals surface area contributed by atoms with Crippen molar-refractivity contribution in [1.82, 2.24) is 5.32 Å². The summed E-state index contributed by atoms with van der Waals surface area (Å²) in [4.78, 5) is 35.9. The van der Waals surface area contributed by atoms with Gasteiger partial charge in [0.2, 0.25) is 5.91 Å². The summed E-state index contributed by atoms with van der Waals surface area (Å²) < 4.78 is 0. The highest BCUT2D eigenvalue weighted by Crippen LogP contribution is 2.23. The first-order valence-corrected chi connectivity index (χ1v) is 9.17. The first kappa shape index (κ1) is 18.0. The van der Waals surface area contributed by atoms with Crippen LogP contribution in [0.2, 0.25) is 0 Å². The summed E-state index contributed by atoms with van der Waals surface area (Å²) in [6.45, 7) is 0. The number of aromatic carboxylic acids is 1. The summed E-state index contributed by atoms with van der Waals surface area (Å²) in [5.41, 5.74) is 1.20. The Morgan fingerprint density at radius 1 is 1.08 bits per heavy atom. The predicted molar refractivity (Wildman–Crippen MR) is 99.7 cm³/mol. The van der Waals surface area contributed by atoms with Gasteiger partial charge in [-0.15, -0.1) is 11.8 Å². The zero-order valence-electron chi connectivity index (χ0n) is 13.9. The normalized spacial score (nSPS) is 13.1. The van der Waals surface area contributed by atoms with E-state index in [1.165, 1.54) is 6.07 Å². The third-order valence-corrected chi connectivity index (χ3v) is 4.87. The van der Waals surface area contributed by atoms with Gasteiger partial charge < -0.3 is 15.7 Å². The Bertz CT molecular complexity index is 849. The Labute approximate surface area is 155 Å². The SMILES string of the molecule is O=C(CSc1ccccc1C(=O)O)Nc1cccc(C(=O)NC2CC2)c1. The van der Waals surface area contributed by atoms with Crippen LogP contribution in [0.1, 0.15) is 33.6 Å². The van der Waals surface area contributed by atoms with Gasteiger partial charge in [-0.05, 0) is 43.2 Å². The van der Waals surface area contributed by atoms with Crippen LogP contribution >= 0.6 is 11.8 Å². The number of benzene rings is 2. The highest BCUT2D eigenvalue weighted by molar-refractivity contribution is 8.00. The molecule has 134 valence electrons. The topological polar surface area (TPSA) is 95.5 Å². The van der Waals surface area contributed by atoms with Crippen molar-refractivity contribution in [3.8, 4) is 0 Å². The van der Waals surface area contributed by atoms with Gasteiger partial charge in [-0.1, -0.05) is 18.2 Å². The molecule has 26 heavy (non-hydrogen) atoms. The van der Waals surface area contributed by atoms with E-state index in [0.717, 1.165) is 24.6 Å². The fraction of sp³-hybridized carbons (Fsp3) is 0.211. The Balaban J connectivity index is 1.58. The molecule has 2 amide bonds. The number of carbonyl (C=O) groups is 3. The van der Waals surface area contributed by atoms with Crippen molar-refractivity contribution in [2.45, 2.75) is 23.8 Å². The number of hydrogen-bond donors (Lipinski definition) is 3. The van der Waals surface area contributed by atoms with E-state index < -0.39 is 5.97 Å². The van der Waals surface area contributed by atoms with Crippen molar-refractivity contribution in [3.63, 3.8) is 0 Å². The van der Waals surface area contributed by atoms with Gasteiger partial charge in [-0.2, -0.15) is 0 Å². The average Bonchev–Trinajstić information content (AvgIpc) is 3.44. The van der Waals surface area contributed by atoms with Crippen LogP contribution in [-0.4, -0.2) is 34.7 Å². The minimum absolute atomic E-state index is 0.0722. The van der Waals surface area contributed by atoms with Crippen LogP contribution < -0.4 is 10.6 Å². The number of thioether (sulfide) groups is 1. The molecule has 3 rings (SSSR count). The van der Waals surface area contributed by atoms with E-state index >= 15 is 0 Å². The Kier molecular flexibility index (Phi) is 5.58. The number of carboxylic acids is 1. The first-order chi connectivity index (χ1) is 12.5. The van der Waals surface area contributed by atoms with Gasteiger partial charge in [0.05, 0.1) is 11.3 Å². The highest BCUT2D eigenvalue weighted by atomic mass is 32.2. The van der Waals surface area contributed by atoms with Crippen LogP contribution in [-0.2, 0) is 4.79 Å². The summed E-state index contributed by atoms with van der Waals surface area (Å²) in [5.74, 6) is -1.37. The fourth-order valence-electron chi connectivity index (χ4n) is 2.34. The molecule has 1 aliphatic carbocycles. The van der Waals surface area contributed by atoms with Crippen molar-refractivity contribution >= 4 is 35.2 Å². The molecule has 0 radical (unpaired) electrons. The molecule has 0 aliphatic heterocycles. The molecule has 1 fully saturated rings. The number of nitrogens with one attached hydrogen (secondary N) is 2. The lowest BCUT2D eigenvalue weighted by Crippen LogP contribution is -2.25. The molecule has 3 N–H and O–H groups in total. The third kappa shape index (κ3) is 4.86. The van der Waals surface area contributed by atoms with E-state index in [2.05, 4.69) is 10.6 Å². The number of carboxylic acid groups (broad SMARTS) is 1. The Hall–Kier alpha value is -2.80. The third-order valence-electron chi connectivity index (χ3n) is 3.80. The zero-order chi connectivity index (χ0) is 18.5. The molecule has 7 heteroatoms. The van der Waals surface area contributed by atoms with Crippen molar-refractivity contribution in [2.75, 3.05) is 11.1 Å². The summed E-state index contributed by atoms with van der Waals surface area (Å²) in [6, 6.07) is 13.6. The zero-order valence-corrected chi connectivity index (χ0v) is 14.7. The summed E-state index contributed by atoms with van der Waals surface area (Å²) in [6.07, 6.45) is 2.02. The second-order valence-corrected chi connectivity index (χ2v) is 6.98. The maximum Gasteiger partial charge on any atom is 0.336 e. The van der Waals surface area contributed by atoms with Gasteiger partial charge in [-0.25, -0.2) is 4.79 Å². The van der Waals surface area contributed by atoms with Crippen LogP contribution in [0.4, 0.5) is 5.69 Å². The lowest BCUT2D eigenvalue weighted by molar-refractivity contribution is -0.113. The molecule has 1 saturated carbocycles. The van der Waals surface area contributed by atoms with Crippen molar-refractivity contribution in [3.05, 3.63) is 59.7 Å². The highest BCUT2D eigenvalue weighted by Gasteiger charge is 2.23. The molecule has 2 aromatic rings. The molecule has 6 nitrogen and oxygen atoms in total. The Morgan fingerprint density at radius 2 is 1.85 bits per heavy atom. The van der Waals surface area contributed by atoms with E-state index in [1.807, 2.05) is 0 Å². The molecule has 0 spiro atoms. The van der Waals surface area contributed by atoms with Crippen molar-refractivity contribution in [2.24, 2.45) is 0 Å². The monoisotopic (exact) mass is 370 g/mol. The van der Waals surface area contributed by atoms with E-state index in [-0.39, 0.29) is 29.2 Å². The van der Waals surface area contributed by atoms with Gasteiger partial charge in [0.15, 0.2) is 0 Å². The molecule has 0 saturated heterocycles. The van der Waals surface area contributed by atoms with Gasteiger partial charge >= 0.3 is 5.97 Å². The van der Waals surface area contributed by atoms with Crippen molar-refractivity contribution < 1.29 is 19.5 Å². The quantitative estimate of drug-likeness (QED) is 0.651. The number of hydrogen-bond acceptors (Lipinski definition) is 4. The number of amides is 2. The maximum atomic E-state index is 12.2. The van der Waals surface area contributed by atoms with Crippen LogP contribution in [0.25, 0.3) is 0 Å². The molecule has 0 unspecified atom stereocenters. The average molecular weight is 370 g/mol. The number of carbonyl (C=O) groups excluding carboxylic acids is 2. The standard InChI is InChI=1S/C19H18N2O4S/c22-17(11-26-16-7-2-1-6-15(16)19(24)25)20-14-5-3-4-12(10-14)18(23)21-13-8-9-13/h1-7,10,13H,8-9,11H2,(H,20,22)(H,21,23)(H,24,25). The summed E-state index contributed by atoms with van der Waals surface area (Å²) >= 11 is 1.16. The number of anilines is 1. The molecule has 0 atom stereocenters. The van der Waals surface area contributed by atoms with E-state index in [9.17, 15) is 14.4 Å². The maximum absolute atomic E-state index is 12.2. The smallest absolute Gasteiger partial charge is 0.336 e. The molecule has 2 aromatic carbocycles. The minimum atomic E-state index is -1.03. The molecule has 0 heterocycles. The molecule has 1 aliphatic rings. The van der Waals surface area contributed by atoms with Gasteiger partial charge in [-0.3, -0.25) is 9.59 Å². The predicted octanol–water partition coefficient (Wildman–Crippen LogP) is 3.01. The first-order valence-electron chi connectivity index (χ1n) is 8.19. The van der Waals surface area contributed by atoms with E-state index in [4.69, 9.17) is 5.11 Å². The molecule has 0 aromatic heterocycles. The molecular formula is C19H18N2O4S. The summed E-state index contributed by atoms with van der Waals surface area (Å²) in [5, 5.41) is 14.8. The Morgan fingerprint density at radius 3 is 2.58 bits per heavy atom. The number of rotatable bonds is 7. The van der Waals surface area contributed by atoms with Crippen LogP contribution in [0, 0.1) is 0 Å². The van der Waals surface area contributed by atoms with Crippen molar-refractivity contribution in [1.29, 1.82) is 0 Å². The minimum Gasteiger partial charge on any atom is -0.478 e. The second kappa shape index (κ2) is 8.05. The van der Waals surface area contributed by atoms with E-state index in [0.29, 0.717) is 16.1 Å². The van der Waals surface area contributed by atoms with Gasteiger partial charge in [0.25, 0.3) is 5.91 Å². The van der Waals surface area contributed by atoms with Crippen LogP contribution in [0.5, 0.6) is 0 Å². The fourth-order valence-corrected chi connectivity index (χ4v) is 3.19. The second-order valence-electron chi connectivity index (χ2n) is 5.97.